The molecule has 1 rings (SSSR count). The zero-order valence-corrected chi connectivity index (χ0v) is 12.6. The van der Waals surface area contributed by atoms with Gasteiger partial charge in [-0.1, -0.05) is 38.1 Å². The second kappa shape index (κ2) is 6.20. The van der Waals surface area contributed by atoms with Gasteiger partial charge in [0, 0.05) is 6.04 Å². The van der Waals surface area contributed by atoms with Gasteiger partial charge in [0.1, 0.15) is 0 Å². The Labute approximate surface area is 116 Å². The number of methoxy groups -OCH3 is 1. The molecule has 0 saturated heterocycles. The highest BCUT2D eigenvalue weighted by Gasteiger charge is 2.36. The Bertz CT molecular complexity index is 423. The highest BCUT2D eigenvalue weighted by Crippen LogP contribution is 2.33. The molecule has 0 saturated carbocycles. The molecule has 0 spiro atoms. The van der Waals surface area contributed by atoms with Gasteiger partial charge in [-0.05, 0) is 37.3 Å². The average molecular weight is 263 g/mol. The molecule has 0 aromatic heterocycles. The second-order valence-electron chi connectivity index (χ2n) is 5.67. The minimum atomic E-state index is -0.730. The molecule has 2 unspecified atom stereocenters. The van der Waals surface area contributed by atoms with Crippen LogP contribution < -0.4 is 5.73 Å². The maximum atomic E-state index is 11.8. The third kappa shape index (κ3) is 3.35. The van der Waals surface area contributed by atoms with E-state index in [0.29, 0.717) is 5.92 Å². The number of hydrogen-bond donors (Lipinski definition) is 1. The van der Waals surface area contributed by atoms with Gasteiger partial charge in [-0.15, -0.1) is 0 Å². The predicted octanol–water partition coefficient (Wildman–Crippen LogP) is 3.40. The molecule has 2 N–H and O–H groups in total. The highest BCUT2D eigenvalue weighted by molar-refractivity contribution is 5.77. The summed E-state index contributed by atoms with van der Waals surface area (Å²) in [4.78, 5) is 11.8. The van der Waals surface area contributed by atoms with E-state index in [-0.39, 0.29) is 12.0 Å². The summed E-state index contributed by atoms with van der Waals surface area (Å²) in [6.07, 6.45) is 1.11. The number of carbonyl (C=O) groups is 1. The molecule has 19 heavy (non-hydrogen) atoms. The highest BCUT2D eigenvalue weighted by atomic mass is 16.5. The van der Waals surface area contributed by atoms with Crippen LogP contribution in [0.3, 0.4) is 0 Å². The monoisotopic (exact) mass is 263 g/mol. The van der Waals surface area contributed by atoms with Crippen molar-refractivity contribution >= 4 is 5.97 Å². The van der Waals surface area contributed by atoms with Crippen molar-refractivity contribution in [3.05, 3.63) is 35.4 Å². The van der Waals surface area contributed by atoms with Crippen molar-refractivity contribution in [3.63, 3.8) is 0 Å². The molecular weight excluding hydrogens is 238 g/mol. The van der Waals surface area contributed by atoms with E-state index >= 15 is 0 Å². The maximum absolute atomic E-state index is 11.8. The normalized spacial score (nSPS) is 14.8. The summed E-state index contributed by atoms with van der Waals surface area (Å²) in [6, 6.07) is 7.84. The van der Waals surface area contributed by atoms with Crippen LogP contribution in [0.5, 0.6) is 0 Å². The fraction of sp³-hybridized carbons (Fsp3) is 0.562. The molecular formula is C16H25NO2. The molecule has 0 aliphatic rings. The molecule has 0 aliphatic heterocycles. The van der Waals surface area contributed by atoms with Crippen LogP contribution in [0.15, 0.2) is 24.3 Å². The Balaban J connectivity index is 2.95. The standard InChI is InChI=1S/C16H25NO2/c1-6-11(2)12-7-9-13(10-8-12)14(17)16(3,4)15(18)19-5/h7-11,14H,6,17H2,1-5H3. The zero-order valence-electron chi connectivity index (χ0n) is 12.6. The van der Waals surface area contributed by atoms with E-state index in [1.165, 1.54) is 12.7 Å². The van der Waals surface area contributed by atoms with E-state index in [4.69, 9.17) is 10.5 Å². The summed E-state index contributed by atoms with van der Waals surface area (Å²) in [6.45, 7) is 8.00. The topological polar surface area (TPSA) is 52.3 Å². The molecule has 2 atom stereocenters. The summed E-state index contributed by atoms with van der Waals surface area (Å²) >= 11 is 0. The lowest BCUT2D eigenvalue weighted by atomic mass is 9.80. The minimum Gasteiger partial charge on any atom is -0.469 e. The van der Waals surface area contributed by atoms with Crippen molar-refractivity contribution in [2.45, 2.75) is 46.1 Å². The predicted molar refractivity (Wildman–Crippen MR) is 77.9 cm³/mol. The first-order valence-corrected chi connectivity index (χ1v) is 6.78. The third-order valence-electron chi connectivity index (χ3n) is 3.97. The van der Waals surface area contributed by atoms with Crippen LogP contribution in [0.4, 0.5) is 0 Å². The molecule has 0 amide bonds. The summed E-state index contributed by atoms with van der Waals surface area (Å²) < 4.78 is 4.82. The lowest BCUT2D eigenvalue weighted by Crippen LogP contribution is -2.37. The first-order chi connectivity index (χ1) is 8.84. The minimum absolute atomic E-state index is 0.286. The molecule has 3 nitrogen and oxygen atoms in total. The van der Waals surface area contributed by atoms with E-state index in [1.807, 2.05) is 26.0 Å². The van der Waals surface area contributed by atoms with Crippen LogP contribution in [-0.2, 0) is 9.53 Å². The van der Waals surface area contributed by atoms with Crippen molar-refractivity contribution in [1.82, 2.24) is 0 Å². The van der Waals surface area contributed by atoms with Crippen LogP contribution in [0.25, 0.3) is 0 Å². The summed E-state index contributed by atoms with van der Waals surface area (Å²) in [5.74, 6) is 0.255. The summed E-state index contributed by atoms with van der Waals surface area (Å²) in [5.41, 5.74) is 7.74. The quantitative estimate of drug-likeness (QED) is 0.828. The fourth-order valence-corrected chi connectivity index (χ4v) is 2.07. The van der Waals surface area contributed by atoms with Crippen molar-refractivity contribution in [2.24, 2.45) is 11.1 Å². The van der Waals surface area contributed by atoms with Gasteiger partial charge in [0.25, 0.3) is 0 Å². The molecule has 0 fully saturated rings. The first-order valence-electron chi connectivity index (χ1n) is 6.78. The number of rotatable bonds is 5. The smallest absolute Gasteiger partial charge is 0.313 e. The summed E-state index contributed by atoms with van der Waals surface area (Å²) in [5, 5.41) is 0. The molecule has 3 heteroatoms. The first kappa shape index (κ1) is 15.7. The largest absolute Gasteiger partial charge is 0.469 e. The molecule has 0 radical (unpaired) electrons. The number of carbonyl (C=O) groups excluding carboxylic acids is 1. The second-order valence-corrected chi connectivity index (χ2v) is 5.67. The molecule has 0 heterocycles. The van der Waals surface area contributed by atoms with Crippen LogP contribution in [0, 0.1) is 5.41 Å². The molecule has 0 aliphatic carbocycles. The Kier molecular flexibility index (Phi) is 5.12. The van der Waals surface area contributed by atoms with E-state index in [1.54, 1.807) is 0 Å². The van der Waals surface area contributed by atoms with Crippen molar-refractivity contribution < 1.29 is 9.53 Å². The Morgan fingerprint density at radius 2 is 1.74 bits per heavy atom. The van der Waals surface area contributed by atoms with Crippen LogP contribution in [0.2, 0.25) is 0 Å². The van der Waals surface area contributed by atoms with Gasteiger partial charge < -0.3 is 10.5 Å². The Morgan fingerprint density at radius 3 is 2.16 bits per heavy atom. The molecule has 1 aromatic rings. The third-order valence-corrected chi connectivity index (χ3v) is 3.97. The molecule has 1 aromatic carbocycles. The lowest BCUT2D eigenvalue weighted by Gasteiger charge is -2.29. The number of nitrogens with two attached hydrogens (primary N) is 1. The summed E-state index contributed by atoms with van der Waals surface area (Å²) in [7, 11) is 1.39. The lowest BCUT2D eigenvalue weighted by molar-refractivity contribution is -0.152. The maximum Gasteiger partial charge on any atom is 0.313 e. The van der Waals surface area contributed by atoms with E-state index < -0.39 is 5.41 Å². The number of ether oxygens (including phenoxy) is 1. The fourth-order valence-electron chi connectivity index (χ4n) is 2.07. The van der Waals surface area contributed by atoms with Gasteiger partial charge in [0.15, 0.2) is 0 Å². The number of hydrogen-bond acceptors (Lipinski definition) is 3. The van der Waals surface area contributed by atoms with Gasteiger partial charge in [-0.3, -0.25) is 4.79 Å². The van der Waals surface area contributed by atoms with Gasteiger partial charge in [0.05, 0.1) is 12.5 Å². The van der Waals surface area contributed by atoms with Crippen LogP contribution in [-0.4, -0.2) is 13.1 Å². The number of esters is 1. The van der Waals surface area contributed by atoms with Gasteiger partial charge in [-0.25, -0.2) is 0 Å². The van der Waals surface area contributed by atoms with E-state index in [2.05, 4.69) is 26.0 Å². The van der Waals surface area contributed by atoms with E-state index in [0.717, 1.165) is 12.0 Å². The zero-order chi connectivity index (χ0) is 14.6. The van der Waals surface area contributed by atoms with Crippen molar-refractivity contribution in [1.29, 1.82) is 0 Å². The number of benzene rings is 1. The van der Waals surface area contributed by atoms with Crippen molar-refractivity contribution in [3.8, 4) is 0 Å². The Hall–Kier alpha value is -1.35. The van der Waals surface area contributed by atoms with Crippen LogP contribution >= 0.6 is 0 Å². The average Bonchev–Trinajstić information content (AvgIpc) is 2.44. The van der Waals surface area contributed by atoms with E-state index in [9.17, 15) is 4.79 Å². The van der Waals surface area contributed by atoms with Gasteiger partial charge in [-0.2, -0.15) is 0 Å². The SMILES string of the molecule is CCC(C)c1ccc(C(N)C(C)(C)C(=O)OC)cc1. The van der Waals surface area contributed by atoms with Gasteiger partial charge in [0.2, 0.25) is 0 Å². The van der Waals surface area contributed by atoms with Gasteiger partial charge >= 0.3 is 5.97 Å². The van der Waals surface area contributed by atoms with Crippen molar-refractivity contribution in [2.75, 3.05) is 7.11 Å². The molecule has 0 bridgehead atoms. The molecule has 106 valence electrons. The Morgan fingerprint density at radius 1 is 1.26 bits per heavy atom. The van der Waals surface area contributed by atoms with Crippen LogP contribution in [0.1, 0.15) is 57.2 Å².